The number of carbonyl (C=O) groups excluding carboxylic acids is 2. The van der Waals surface area contributed by atoms with E-state index in [-0.39, 0.29) is 11.6 Å². The molecule has 186 valence electrons. The first kappa shape index (κ1) is 24.5. The van der Waals surface area contributed by atoms with Crippen LogP contribution in [0, 0.1) is 6.92 Å². The second-order valence-corrected chi connectivity index (χ2v) is 13.9. The first-order valence-corrected chi connectivity index (χ1v) is 14.5. The van der Waals surface area contributed by atoms with Crippen LogP contribution in [0.1, 0.15) is 5.56 Å². The molecule has 0 radical (unpaired) electrons. The lowest BCUT2D eigenvalue weighted by Gasteiger charge is -2.32. The topological polar surface area (TPSA) is 104 Å². The number of hydrogen-bond acceptors (Lipinski definition) is 8. The molecule has 0 spiro atoms. The van der Waals surface area contributed by atoms with Crippen LogP contribution >= 0.6 is 0 Å². The molecular formula is C25H30N2O7Si. The maximum Gasteiger partial charge on any atom is 0.289 e. The summed E-state index contributed by atoms with van der Waals surface area (Å²) in [4.78, 5) is 25.6. The van der Waals surface area contributed by atoms with E-state index in [4.69, 9.17) is 23.7 Å². The number of aryl methyl sites for hydroxylation is 1. The van der Waals surface area contributed by atoms with Gasteiger partial charge in [0.15, 0.2) is 0 Å². The van der Waals surface area contributed by atoms with Gasteiger partial charge in [0.1, 0.15) is 28.7 Å². The molecule has 2 aliphatic heterocycles. The van der Waals surface area contributed by atoms with Crippen molar-refractivity contribution in [1.82, 2.24) is 0 Å². The van der Waals surface area contributed by atoms with Gasteiger partial charge in [0, 0.05) is 24.4 Å². The highest BCUT2D eigenvalue weighted by atomic mass is 28.3. The largest absolute Gasteiger partial charge is 0.496 e. The number of fused-ring (bicyclic) bond motifs is 1. The predicted octanol–water partition coefficient (Wildman–Crippen LogP) is 3.19. The SMILES string of the molecule is COc1cc(OC)c(NC(=O)C2OC(Oc3cc4c(cc3C)NCC[Si]4(C)C)=CC2=O)c(OC)c1. The molecule has 10 heteroatoms. The number of benzene rings is 2. The lowest BCUT2D eigenvalue weighted by atomic mass is 10.2. The lowest BCUT2D eigenvalue weighted by Crippen LogP contribution is -2.47. The molecule has 0 saturated heterocycles. The summed E-state index contributed by atoms with van der Waals surface area (Å²) in [5.74, 6) is 0.511. The first-order chi connectivity index (χ1) is 16.7. The van der Waals surface area contributed by atoms with Crippen LogP contribution in [-0.4, -0.2) is 53.7 Å². The quantitative estimate of drug-likeness (QED) is 0.443. The summed E-state index contributed by atoms with van der Waals surface area (Å²) in [6, 6.07) is 8.41. The number of anilines is 2. The third-order valence-electron chi connectivity index (χ3n) is 6.27. The minimum absolute atomic E-state index is 0.0184. The van der Waals surface area contributed by atoms with Gasteiger partial charge in [-0.05, 0) is 35.9 Å². The molecule has 0 fully saturated rings. The Bertz CT molecular complexity index is 1180. The molecule has 2 heterocycles. The summed E-state index contributed by atoms with van der Waals surface area (Å²) in [5, 5.41) is 7.39. The third-order valence-corrected chi connectivity index (χ3v) is 9.65. The van der Waals surface area contributed by atoms with Gasteiger partial charge in [0.05, 0.1) is 35.5 Å². The second-order valence-electron chi connectivity index (χ2n) is 9.09. The van der Waals surface area contributed by atoms with E-state index in [1.165, 1.54) is 32.6 Å². The van der Waals surface area contributed by atoms with Crippen molar-refractivity contribution >= 4 is 36.3 Å². The summed E-state index contributed by atoms with van der Waals surface area (Å²) in [6.45, 7) is 7.55. The first-order valence-electron chi connectivity index (χ1n) is 11.3. The number of carbonyl (C=O) groups is 2. The van der Waals surface area contributed by atoms with Crippen molar-refractivity contribution in [2.24, 2.45) is 0 Å². The van der Waals surface area contributed by atoms with Crippen LogP contribution in [0.15, 0.2) is 36.3 Å². The molecule has 0 aromatic heterocycles. The zero-order chi connectivity index (χ0) is 25.3. The maximum absolute atomic E-state index is 13.0. The highest BCUT2D eigenvalue weighted by Gasteiger charge is 2.37. The molecular weight excluding hydrogens is 468 g/mol. The van der Waals surface area contributed by atoms with Crippen LogP contribution < -0.4 is 34.8 Å². The molecule has 4 rings (SSSR count). The molecule has 2 N–H and O–H groups in total. The van der Waals surface area contributed by atoms with Gasteiger partial charge in [-0.2, -0.15) is 0 Å². The molecule has 9 nitrogen and oxygen atoms in total. The van der Waals surface area contributed by atoms with Crippen LogP contribution in [-0.2, 0) is 14.3 Å². The monoisotopic (exact) mass is 498 g/mol. The van der Waals surface area contributed by atoms with E-state index in [0.29, 0.717) is 23.0 Å². The fourth-order valence-electron chi connectivity index (χ4n) is 4.21. The normalized spacial score (nSPS) is 17.9. The Morgan fingerprint density at radius 3 is 2.37 bits per heavy atom. The van der Waals surface area contributed by atoms with Gasteiger partial charge in [-0.25, -0.2) is 0 Å². The summed E-state index contributed by atoms with van der Waals surface area (Å²) in [5.41, 5.74) is 2.30. The van der Waals surface area contributed by atoms with Gasteiger partial charge < -0.3 is 34.3 Å². The van der Waals surface area contributed by atoms with Crippen LogP contribution in [0.2, 0.25) is 19.1 Å². The molecule has 1 atom stereocenters. The zero-order valence-corrected chi connectivity index (χ0v) is 21.7. The van der Waals surface area contributed by atoms with Gasteiger partial charge in [0.25, 0.3) is 11.9 Å². The fourth-order valence-corrected chi connectivity index (χ4v) is 6.64. The molecule has 2 aromatic carbocycles. The number of hydrogen-bond donors (Lipinski definition) is 2. The van der Waals surface area contributed by atoms with Crippen molar-refractivity contribution < 1.29 is 33.3 Å². The van der Waals surface area contributed by atoms with Crippen molar-refractivity contribution in [3.63, 3.8) is 0 Å². The third kappa shape index (κ3) is 4.79. The van der Waals surface area contributed by atoms with Crippen molar-refractivity contribution in [2.75, 3.05) is 38.5 Å². The molecule has 0 bridgehead atoms. The molecule has 2 aliphatic rings. The Kier molecular flexibility index (Phi) is 6.66. The van der Waals surface area contributed by atoms with E-state index in [9.17, 15) is 9.59 Å². The lowest BCUT2D eigenvalue weighted by molar-refractivity contribution is -0.134. The van der Waals surface area contributed by atoms with Crippen LogP contribution in [0.4, 0.5) is 11.4 Å². The van der Waals surface area contributed by atoms with Crippen molar-refractivity contribution in [3.8, 4) is 23.0 Å². The van der Waals surface area contributed by atoms with Crippen molar-refractivity contribution in [3.05, 3.63) is 41.9 Å². The van der Waals surface area contributed by atoms with E-state index in [2.05, 4.69) is 29.8 Å². The Morgan fingerprint density at radius 1 is 1.06 bits per heavy atom. The van der Waals surface area contributed by atoms with E-state index in [1.807, 2.05) is 13.0 Å². The summed E-state index contributed by atoms with van der Waals surface area (Å²) < 4.78 is 27.5. The van der Waals surface area contributed by atoms with Gasteiger partial charge in [0.2, 0.25) is 11.9 Å². The molecule has 0 saturated carbocycles. The Balaban J connectivity index is 1.51. The van der Waals surface area contributed by atoms with Crippen molar-refractivity contribution in [1.29, 1.82) is 0 Å². The minimum atomic E-state index is -1.60. The molecule has 35 heavy (non-hydrogen) atoms. The number of ether oxygens (including phenoxy) is 5. The number of nitrogens with one attached hydrogen (secondary N) is 2. The summed E-state index contributed by atoms with van der Waals surface area (Å²) in [6.07, 6.45) is -0.196. The predicted molar refractivity (Wildman–Crippen MR) is 135 cm³/mol. The van der Waals surface area contributed by atoms with Gasteiger partial charge in [-0.3, -0.25) is 9.59 Å². The van der Waals surface area contributed by atoms with Crippen LogP contribution in [0.25, 0.3) is 0 Å². The van der Waals surface area contributed by atoms with E-state index in [1.54, 1.807) is 12.1 Å². The number of ketones is 1. The second kappa shape index (κ2) is 9.53. The summed E-state index contributed by atoms with van der Waals surface area (Å²) in [7, 11) is 2.81. The van der Waals surface area contributed by atoms with Crippen LogP contribution in [0.3, 0.4) is 0 Å². The minimum Gasteiger partial charge on any atom is -0.496 e. The molecule has 1 amide bonds. The van der Waals surface area contributed by atoms with Gasteiger partial charge in [-0.1, -0.05) is 13.1 Å². The standard InChI is InChI=1S/C25H30N2O7Si/c1-14-9-16-21(35(5,6)8-7-26-16)13-18(14)33-22-12-17(28)24(34-22)25(29)27-23-19(31-3)10-15(30-2)11-20(23)32-4/h9-13,24,26H,7-8H2,1-6H3,(H,27,29). The van der Waals surface area contributed by atoms with E-state index < -0.39 is 25.9 Å². The molecule has 1 unspecified atom stereocenters. The Morgan fingerprint density at radius 2 is 1.74 bits per heavy atom. The van der Waals surface area contributed by atoms with E-state index >= 15 is 0 Å². The van der Waals surface area contributed by atoms with Crippen molar-refractivity contribution in [2.45, 2.75) is 32.2 Å². The Labute approximate surface area is 205 Å². The highest BCUT2D eigenvalue weighted by Crippen LogP contribution is 2.39. The number of amides is 1. The maximum atomic E-state index is 13.0. The van der Waals surface area contributed by atoms with Gasteiger partial charge >= 0.3 is 0 Å². The number of rotatable bonds is 7. The fraction of sp³-hybridized carbons (Fsp3) is 0.360. The smallest absolute Gasteiger partial charge is 0.289 e. The zero-order valence-electron chi connectivity index (χ0n) is 20.7. The number of methoxy groups -OCH3 is 3. The Hall–Kier alpha value is -3.66. The van der Waals surface area contributed by atoms with E-state index in [0.717, 1.165) is 23.8 Å². The molecule has 0 aliphatic carbocycles. The highest BCUT2D eigenvalue weighted by molar-refractivity contribution is 6.91. The average Bonchev–Trinajstić information content (AvgIpc) is 3.19. The summed E-state index contributed by atoms with van der Waals surface area (Å²) >= 11 is 0. The van der Waals surface area contributed by atoms with Crippen LogP contribution in [0.5, 0.6) is 23.0 Å². The average molecular weight is 499 g/mol. The van der Waals surface area contributed by atoms with Gasteiger partial charge in [-0.15, -0.1) is 0 Å². The molecule has 2 aromatic rings.